The van der Waals surface area contributed by atoms with Gasteiger partial charge in [-0.15, -0.1) is 0 Å². The minimum atomic E-state index is 0.475. The summed E-state index contributed by atoms with van der Waals surface area (Å²) in [7, 11) is 0. The van der Waals surface area contributed by atoms with Crippen LogP contribution in [0.5, 0.6) is 0 Å². The van der Waals surface area contributed by atoms with Gasteiger partial charge in [-0.2, -0.15) is 5.26 Å². The Balaban J connectivity index is 2.22. The van der Waals surface area contributed by atoms with E-state index >= 15 is 0 Å². The first-order chi connectivity index (χ1) is 9.70. The van der Waals surface area contributed by atoms with Crippen LogP contribution in [0.15, 0.2) is 48.5 Å². The van der Waals surface area contributed by atoms with E-state index in [4.69, 9.17) is 22.6 Å². The van der Waals surface area contributed by atoms with Crippen molar-refractivity contribution < 1.29 is 0 Å². The summed E-state index contributed by atoms with van der Waals surface area (Å²) in [4.78, 5) is 2.14. The maximum atomic E-state index is 8.80. The van der Waals surface area contributed by atoms with Gasteiger partial charge in [0.15, 0.2) is 0 Å². The summed E-state index contributed by atoms with van der Waals surface area (Å²) in [5.41, 5.74) is 8.77. The smallest absolute Gasteiger partial charge is 0.0640 e. The Hall–Kier alpha value is -2.18. The first-order valence-electron chi connectivity index (χ1n) is 6.41. The van der Waals surface area contributed by atoms with E-state index in [1.807, 2.05) is 42.5 Å². The second-order valence-electron chi connectivity index (χ2n) is 4.51. The summed E-state index contributed by atoms with van der Waals surface area (Å²) in [6.07, 6.45) is 0.475. The molecule has 0 radical (unpaired) electrons. The van der Waals surface area contributed by atoms with Gasteiger partial charge in [0, 0.05) is 29.5 Å². The summed E-state index contributed by atoms with van der Waals surface area (Å²) in [6.45, 7) is 1.33. The van der Waals surface area contributed by atoms with E-state index < -0.39 is 0 Å². The highest BCUT2D eigenvalue weighted by atomic mass is 35.5. The summed E-state index contributed by atoms with van der Waals surface area (Å²) in [5, 5.41) is 9.43. The number of halogens is 1. The van der Waals surface area contributed by atoms with Gasteiger partial charge in [0.2, 0.25) is 0 Å². The fourth-order valence-corrected chi connectivity index (χ4v) is 2.22. The number of rotatable bonds is 5. The largest absolute Gasteiger partial charge is 0.398 e. The van der Waals surface area contributed by atoms with Crippen molar-refractivity contribution in [2.75, 3.05) is 17.2 Å². The number of hydrogen-bond acceptors (Lipinski definition) is 3. The molecule has 2 N–H and O–H groups in total. The van der Waals surface area contributed by atoms with Crippen molar-refractivity contribution in [3.8, 4) is 6.07 Å². The number of nitrogens with two attached hydrogens (primary N) is 1. The zero-order valence-electron chi connectivity index (χ0n) is 11.1. The zero-order valence-corrected chi connectivity index (χ0v) is 11.8. The Morgan fingerprint density at radius 3 is 2.55 bits per heavy atom. The number of hydrogen-bond donors (Lipinski definition) is 1. The molecule has 0 aliphatic carbocycles. The molecule has 102 valence electrons. The van der Waals surface area contributed by atoms with E-state index in [1.165, 1.54) is 0 Å². The Kier molecular flexibility index (Phi) is 4.86. The second-order valence-corrected chi connectivity index (χ2v) is 4.94. The second kappa shape index (κ2) is 6.83. The Bertz CT molecular complexity index is 605. The molecule has 0 bridgehead atoms. The van der Waals surface area contributed by atoms with Crippen LogP contribution in [0.4, 0.5) is 11.4 Å². The number of nitriles is 1. The van der Waals surface area contributed by atoms with Gasteiger partial charge >= 0.3 is 0 Å². The highest BCUT2D eigenvalue weighted by Gasteiger charge is 2.09. The van der Waals surface area contributed by atoms with Crippen LogP contribution in [0.3, 0.4) is 0 Å². The molecule has 4 heteroatoms. The van der Waals surface area contributed by atoms with Crippen molar-refractivity contribution in [1.29, 1.82) is 5.26 Å². The van der Waals surface area contributed by atoms with Crippen molar-refractivity contribution in [1.82, 2.24) is 0 Å². The fourth-order valence-electron chi connectivity index (χ4n) is 2.04. The molecule has 0 unspecified atom stereocenters. The van der Waals surface area contributed by atoms with Gasteiger partial charge in [-0.25, -0.2) is 0 Å². The third kappa shape index (κ3) is 3.66. The molecule has 0 saturated heterocycles. The molecule has 2 rings (SSSR count). The fraction of sp³-hybridized carbons (Fsp3) is 0.188. The molecule has 2 aromatic rings. The number of nitrogen functional groups attached to an aromatic ring is 1. The maximum absolute atomic E-state index is 8.80. The lowest BCUT2D eigenvalue weighted by molar-refractivity contribution is 0.799. The third-order valence-electron chi connectivity index (χ3n) is 3.08. The SMILES string of the molecule is N#CCCN(Cc1ccc(Cl)cc1N)c1ccccc1. The van der Waals surface area contributed by atoms with Crippen LogP contribution < -0.4 is 10.6 Å². The monoisotopic (exact) mass is 285 g/mol. The molecular weight excluding hydrogens is 270 g/mol. The van der Waals surface area contributed by atoms with Crippen LogP contribution >= 0.6 is 11.6 Å². The minimum absolute atomic E-state index is 0.475. The van der Waals surface area contributed by atoms with Crippen molar-refractivity contribution in [3.05, 3.63) is 59.1 Å². The molecule has 0 spiro atoms. The molecule has 0 saturated carbocycles. The van der Waals surface area contributed by atoms with Crippen LogP contribution in [0.25, 0.3) is 0 Å². The quantitative estimate of drug-likeness (QED) is 0.849. The molecule has 0 atom stereocenters. The van der Waals surface area contributed by atoms with Crippen LogP contribution in [-0.2, 0) is 6.54 Å². The molecule has 0 aliphatic heterocycles. The summed E-state index contributed by atoms with van der Waals surface area (Å²) >= 11 is 5.92. The van der Waals surface area contributed by atoms with E-state index in [0.29, 0.717) is 30.2 Å². The number of anilines is 2. The van der Waals surface area contributed by atoms with Crippen LogP contribution in [0, 0.1) is 11.3 Å². The van der Waals surface area contributed by atoms with Gasteiger partial charge < -0.3 is 10.6 Å². The molecule has 20 heavy (non-hydrogen) atoms. The van der Waals surface area contributed by atoms with Crippen molar-refractivity contribution in [2.45, 2.75) is 13.0 Å². The van der Waals surface area contributed by atoms with Crippen molar-refractivity contribution >= 4 is 23.0 Å². The van der Waals surface area contributed by atoms with Crippen LogP contribution in [0.1, 0.15) is 12.0 Å². The highest BCUT2D eigenvalue weighted by Crippen LogP contribution is 2.22. The first kappa shape index (κ1) is 14.2. The van der Waals surface area contributed by atoms with Gasteiger partial charge in [0.1, 0.15) is 0 Å². The van der Waals surface area contributed by atoms with Gasteiger partial charge in [-0.3, -0.25) is 0 Å². The van der Waals surface area contributed by atoms with E-state index in [1.54, 1.807) is 6.07 Å². The van der Waals surface area contributed by atoms with E-state index in [-0.39, 0.29) is 0 Å². The number of benzene rings is 2. The lowest BCUT2D eigenvalue weighted by Gasteiger charge is -2.24. The van der Waals surface area contributed by atoms with E-state index in [2.05, 4.69) is 11.0 Å². The van der Waals surface area contributed by atoms with E-state index in [9.17, 15) is 0 Å². The molecule has 0 heterocycles. The first-order valence-corrected chi connectivity index (χ1v) is 6.79. The predicted molar refractivity (Wildman–Crippen MR) is 83.6 cm³/mol. The standard InChI is InChI=1S/C16H16ClN3/c17-14-8-7-13(16(19)11-14)12-20(10-4-9-18)15-5-2-1-3-6-15/h1-3,5-8,11H,4,10,12,19H2. The number of nitrogens with zero attached hydrogens (tertiary/aromatic N) is 2. The van der Waals surface area contributed by atoms with Crippen molar-refractivity contribution in [2.24, 2.45) is 0 Å². The zero-order chi connectivity index (χ0) is 14.4. The van der Waals surface area contributed by atoms with Gasteiger partial charge in [-0.1, -0.05) is 35.9 Å². The van der Waals surface area contributed by atoms with Gasteiger partial charge in [-0.05, 0) is 29.8 Å². The topological polar surface area (TPSA) is 53.0 Å². The summed E-state index contributed by atoms with van der Waals surface area (Å²) in [6, 6.07) is 17.7. The van der Waals surface area contributed by atoms with Gasteiger partial charge in [0.05, 0.1) is 12.5 Å². The number of para-hydroxylation sites is 1. The lowest BCUT2D eigenvalue weighted by Crippen LogP contribution is -2.24. The maximum Gasteiger partial charge on any atom is 0.0640 e. The molecule has 0 aromatic heterocycles. The Morgan fingerprint density at radius 2 is 1.90 bits per heavy atom. The van der Waals surface area contributed by atoms with Crippen LogP contribution in [0.2, 0.25) is 5.02 Å². The summed E-state index contributed by atoms with van der Waals surface area (Å²) < 4.78 is 0. The predicted octanol–water partition coefficient (Wildman–Crippen LogP) is 3.84. The van der Waals surface area contributed by atoms with E-state index in [0.717, 1.165) is 11.3 Å². The molecule has 0 fully saturated rings. The molecule has 2 aromatic carbocycles. The molecule has 3 nitrogen and oxygen atoms in total. The van der Waals surface area contributed by atoms with Gasteiger partial charge in [0.25, 0.3) is 0 Å². The molecular formula is C16H16ClN3. The minimum Gasteiger partial charge on any atom is -0.398 e. The Labute approximate surface area is 124 Å². The average molecular weight is 286 g/mol. The third-order valence-corrected chi connectivity index (χ3v) is 3.32. The highest BCUT2D eigenvalue weighted by molar-refractivity contribution is 6.30. The normalized spacial score (nSPS) is 10.0. The lowest BCUT2D eigenvalue weighted by atomic mass is 10.1. The van der Waals surface area contributed by atoms with Crippen molar-refractivity contribution in [3.63, 3.8) is 0 Å². The molecule has 0 aliphatic rings. The Morgan fingerprint density at radius 1 is 1.15 bits per heavy atom. The van der Waals surface area contributed by atoms with Crippen LogP contribution in [-0.4, -0.2) is 6.54 Å². The average Bonchev–Trinajstić information content (AvgIpc) is 2.46. The summed E-state index contributed by atoms with van der Waals surface area (Å²) in [5.74, 6) is 0. The molecule has 0 amide bonds.